The molecule has 0 spiro atoms. The van der Waals surface area contributed by atoms with Gasteiger partial charge in [0.1, 0.15) is 5.82 Å². The minimum absolute atomic E-state index is 0.652. The van der Waals surface area contributed by atoms with Gasteiger partial charge in [0.25, 0.3) is 0 Å². The van der Waals surface area contributed by atoms with Crippen molar-refractivity contribution in [3.05, 3.63) is 66.4 Å². The number of pyridine rings is 2. The molecule has 26 heavy (non-hydrogen) atoms. The summed E-state index contributed by atoms with van der Waals surface area (Å²) < 4.78 is 10.6. The van der Waals surface area contributed by atoms with Crippen molar-refractivity contribution in [2.75, 3.05) is 14.2 Å². The van der Waals surface area contributed by atoms with Crippen LogP contribution in [-0.2, 0) is 6.42 Å². The lowest BCUT2D eigenvalue weighted by Gasteiger charge is -2.08. The van der Waals surface area contributed by atoms with Crippen molar-refractivity contribution in [1.29, 1.82) is 0 Å². The number of nitrogens with one attached hydrogen (secondary N) is 1. The minimum Gasteiger partial charge on any atom is -0.493 e. The quantitative estimate of drug-likeness (QED) is 0.597. The van der Waals surface area contributed by atoms with Crippen LogP contribution in [0.3, 0.4) is 0 Å². The summed E-state index contributed by atoms with van der Waals surface area (Å²) in [5.74, 6) is 2.27. The standard InChI is InChI=1S/C20H18N4O2/c1-25-17-6-5-13(8-18(17)26-2)9-19-23-16-10-15(12-22-20(16)24-19)14-4-3-7-21-11-14/h3-8,10-12H,9H2,1-2H3,(H,22,23,24). The first kappa shape index (κ1) is 16.1. The molecule has 0 unspecified atom stereocenters. The van der Waals surface area contributed by atoms with Crippen LogP contribution in [0.5, 0.6) is 11.5 Å². The summed E-state index contributed by atoms with van der Waals surface area (Å²) in [5, 5.41) is 0. The van der Waals surface area contributed by atoms with Gasteiger partial charge in [-0.3, -0.25) is 4.98 Å². The first-order valence-electron chi connectivity index (χ1n) is 8.23. The number of aromatic nitrogens is 4. The van der Waals surface area contributed by atoms with E-state index in [-0.39, 0.29) is 0 Å². The highest BCUT2D eigenvalue weighted by Gasteiger charge is 2.09. The number of H-pyrrole nitrogens is 1. The molecule has 0 aliphatic rings. The minimum atomic E-state index is 0.652. The Hall–Kier alpha value is -3.41. The molecule has 3 heterocycles. The fourth-order valence-corrected chi connectivity index (χ4v) is 2.91. The van der Waals surface area contributed by atoms with Crippen molar-refractivity contribution < 1.29 is 9.47 Å². The molecule has 6 heteroatoms. The van der Waals surface area contributed by atoms with Gasteiger partial charge < -0.3 is 14.5 Å². The van der Waals surface area contributed by atoms with Gasteiger partial charge in [-0.25, -0.2) is 9.97 Å². The summed E-state index contributed by atoms with van der Waals surface area (Å²) in [6.45, 7) is 0. The van der Waals surface area contributed by atoms with Gasteiger partial charge >= 0.3 is 0 Å². The average molecular weight is 346 g/mol. The third-order valence-electron chi connectivity index (χ3n) is 4.20. The number of ether oxygens (including phenoxy) is 2. The number of nitrogens with zero attached hydrogens (tertiary/aromatic N) is 3. The van der Waals surface area contributed by atoms with Crippen LogP contribution in [0.15, 0.2) is 55.0 Å². The second-order valence-corrected chi connectivity index (χ2v) is 5.89. The fraction of sp³-hybridized carbons (Fsp3) is 0.150. The monoisotopic (exact) mass is 346 g/mol. The third kappa shape index (κ3) is 3.09. The SMILES string of the molecule is COc1ccc(Cc2nc3ncc(-c4cccnc4)cc3[nH]2)cc1OC. The van der Waals surface area contributed by atoms with Gasteiger partial charge in [0, 0.05) is 36.1 Å². The summed E-state index contributed by atoms with van der Waals surface area (Å²) in [4.78, 5) is 16.6. The van der Waals surface area contributed by atoms with Gasteiger partial charge in [-0.1, -0.05) is 12.1 Å². The van der Waals surface area contributed by atoms with Crippen molar-refractivity contribution in [3.63, 3.8) is 0 Å². The molecule has 4 aromatic rings. The highest BCUT2D eigenvalue weighted by atomic mass is 16.5. The van der Waals surface area contributed by atoms with E-state index in [1.165, 1.54) is 0 Å². The largest absolute Gasteiger partial charge is 0.493 e. The Balaban J connectivity index is 1.64. The van der Waals surface area contributed by atoms with E-state index in [2.05, 4.69) is 19.9 Å². The molecule has 3 aromatic heterocycles. The van der Waals surface area contributed by atoms with Crippen molar-refractivity contribution in [3.8, 4) is 22.6 Å². The normalized spacial score (nSPS) is 10.8. The topological polar surface area (TPSA) is 72.9 Å². The van der Waals surface area contributed by atoms with Crippen molar-refractivity contribution in [1.82, 2.24) is 19.9 Å². The zero-order valence-corrected chi connectivity index (χ0v) is 14.6. The lowest BCUT2D eigenvalue weighted by atomic mass is 10.1. The lowest BCUT2D eigenvalue weighted by Crippen LogP contribution is -1.95. The number of imidazole rings is 1. The van der Waals surface area contributed by atoms with Crippen LogP contribution in [0.4, 0.5) is 0 Å². The first-order chi connectivity index (χ1) is 12.8. The Labute approximate surface area is 150 Å². The van der Waals surface area contributed by atoms with Gasteiger partial charge in [-0.2, -0.15) is 0 Å². The molecule has 0 aliphatic heterocycles. The number of fused-ring (bicyclic) bond motifs is 1. The molecular formula is C20H18N4O2. The van der Waals surface area contributed by atoms with E-state index in [0.29, 0.717) is 23.6 Å². The zero-order valence-electron chi connectivity index (χ0n) is 14.6. The maximum atomic E-state index is 5.36. The van der Waals surface area contributed by atoms with E-state index in [1.54, 1.807) is 20.4 Å². The van der Waals surface area contributed by atoms with Gasteiger partial charge in [0.05, 0.1) is 19.7 Å². The number of methoxy groups -OCH3 is 2. The summed E-state index contributed by atoms with van der Waals surface area (Å²) in [7, 11) is 3.26. The van der Waals surface area contributed by atoms with Gasteiger partial charge in [0.15, 0.2) is 17.1 Å². The Morgan fingerprint density at radius 2 is 1.85 bits per heavy atom. The van der Waals surface area contributed by atoms with Gasteiger partial charge in [-0.05, 0) is 29.8 Å². The van der Waals surface area contributed by atoms with Crippen LogP contribution in [0, 0.1) is 0 Å². The third-order valence-corrected chi connectivity index (χ3v) is 4.20. The number of aromatic amines is 1. The smallest absolute Gasteiger partial charge is 0.177 e. The molecule has 4 rings (SSSR count). The van der Waals surface area contributed by atoms with E-state index >= 15 is 0 Å². The lowest BCUT2D eigenvalue weighted by molar-refractivity contribution is 0.354. The number of hydrogen-bond acceptors (Lipinski definition) is 5. The summed E-state index contributed by atoms with van der Waals surface area (Å²) in [5.41, 5.74) is 4.72. The van der Waals surface area contributed by atoms with E-state index in [9.17, 15) is 0 Å². The zero-order chi connectivity index (χ0) is 17.9. The first-order valence-corrected chi connectivity index (χ1v) is 8.23. The average Bonchev–Trinajstić information content (AvgIpc) is 3.09. The molecule has 1 aromatic carbocycles. The molecule has 0 aliphatic carbocycles. The Morgan fingerprint density at radius 3 is 2.62 bits per heavy atom. The predicted molar refractivity (Wildman–Crippen MR) is 99.5 cm³/mol. The maximum Gasteiger partial charge on any atom is 0.177 e. The summed E-state index contributed by atoms with van der Waals surface area (Å²) >= 11 is 0. The molecule has 0 saturated heterocycles. The van der Waals surface area contributed by atoms with Crippen LogP contribution in [0.2, 0.25) is 0 Å². The van der Waals surface area contributed by atoms with E-state index in [0.717, 1.165) is 28.0 Å². The van der Waals surface area contributed by atoms with E-state index < -0.39 is 0 Å². The molecule has 0 fully saturated rings. The van der Waals surface area contributed by atoms with Crippen LogP contribution < -0.4 is 9.47 Å². The van der Waals surface area contributed by atoms with Crippen molar-refractivity contribution in [2.24, 2.45) is 0 Å². The highest BCUT2D eigenvalue weighted by Crippen LogP contribution is 2.28. The van der Waals surface area contributed by atoms with Crippen LogP contribution in [-0.4, -0.2) is 34.2 Å². The maximum absolute atomic E-state index is 5.36. The summed E-state index contributed by atoms with van der Waals surface area (Å²) in [6, 6.07) is 11.8. The molecule has 0 saturated carbocycles. The summed E-state index contributed by atoms with van der Waals surface area (Å²) in [6.07, 6.45) is 6.05. The molecule has 6 nitrogen and oxygen atoms in total. The molecule has 130 valence electrons. The Morgan fingerprint density at radius 1 is 0.962 bits per heavy atom. The molecular weight excluding hydrogens is 328 g/mol. The molecule has 0 bridgehead atoms. The van der Waals surface area contributed by atoms with Crippen LogP contribution >= 0.6 is 0 Å². The Kier molecular flexibility index (Phi) is 4.23. The number of benzene rings is 1. The van der Waals surface area contributed by atoms with Gasteiger partial charge in [-0.15, -0.1) is 0 Å². The number of hydrogen-bond donors (Lipinski definition) is 1. The second-order valence-electron chi connectivity index (χ2n) is 5.89. The van der Waals surface area contributed by atoms with E-state index in [1.807, 2.05) is 48.8 Å². The van der Waals surface area contributed by atoms with E-state index in [4.69, 9.17) is 9.47 Å². The van der Waals surface area contributed by atoms with Crippen LogP contribution in [0.1, 0.15) is 11.4 Å². The molecule has 0 radical (unpaired) electrons. The predicted octanol–water partition coefficient (Wildman–Crippen LogP) is 3.63. The molecule has 0 atom stereocenters. The van der Waals surface area contributed by atoms with Crippen LogP contribution in [0.25, 0.3) is 22.3 Å². The fourth-order valence-electron chi connectivity index (χ4n) is 2.91. The van der Waals surface area contributed by atoms with Crippen molar-refractivity contribution >= 4 is 11.2 Å². The highest BCUT2D eigenvalue weighted by molar-refractivity contribution is 5.77. The van der Waals surface area contributed by atoms with Gasteiger partial charge in [0.2, 0.25) is 0 Å². The Bertz CT molecular complexity index is 1040. The second kappa shape index (κ2) is 6.84. The molecule has 1 N–H and O–H groups in total. The molecule has 0 amide bonds. The number of rotatable bonds is 5. The van der Waals surface area contributed by atoms with Crippen molar-refractivity contribution in [2.45, 2.75) is 6.42 Å².